The molecular weight excluding hydrogens is 378 g/mol. The molecule has 0 fully saturated rings. The standard InChI is InChI=1S/C25H27NO4/c1-3-28-23-12-8-11-21(24(23)30-18-19-9-6-5-7-10-19)17-26-22-15-13-20(14-16-22)25(27)29-4-2/h5-16,26H,3-4,17-18H2,1-2H3. The van der Waals surface area contributed by atoms with Crippen LogP contribution in [0, 0.1) is 0 Å². The van der Waals surface area contributed by atoms with Gasteiger partial charge in [-0.15, -0.1) is 0 Å². The van der Waals surface area contributed by atoms with E-state index in [1.807, 2.05) is 67.6 Å². The van der Waals surface area contributed by atoms with Crippen LogP contribution in [0.15, 0.2) is 72.8 Å². The molecule has 3 aromatic carbocycles. The normalized spacial score (nSPS) is 10.3. The molecule has 0 aliphatic rings. The summed E-state index contributed by atoms with van der Waals surface area (Å²) in [5.74, 6) is 1.15. The van der Waals surface area contributed by atoms with E-state index in [1.165, 1.54) is 0 Å². The number of carbonyl (C=O) groups is 1. The van der Waals surface area contributed by atoms with E-state index < -0.39 is 0 Å². The van der Waals surface area contributed by atoms with Crippen molar-refractivity contribution in [1.29, 1.82) is 0 Å². The second-order valence-corrected chi connectivity index (χ2v) is 6.60. The van der Waals surface area contributed by atoms with Crippen molar-refractivity contribution in [3.8, 4) is 11.5 Å². The number of anilines is 1. The smallest absolute Gasteiger partial charge is 0.338 e. The molecule has 0 radical (unpaired) electrons. The number of ether oxygens (including phenoxy) is 3. The summed E-state index contributed by atoms with van der Waals surface area (Å²) in [5, 5.41) is 3.38. The number of hydrogen-bond acceptors (Lipinski definition) is 5. The average Bonchev–Trinajstić information content (AvgIpc) is 2.78. The van der Waals surface area contributed by atoms with Crippen LogP contribution in [0.1, 0.15) is 35.3 Å². The molecule has 1 N–H and O–H groups in total. The van der Waals surface area contributed by atoms with Crippen molar-refractivity contribution in [1.82, 2.24) is 0 Å². The van der Waals surface area contributed by atoms with Crippen LogP contribution in [0.4, 0.5) is 5.69 Å². The van der Waals surface area contributed by atoms with E-state index in [4.69, 9.17) is 14.2 Å². The number of rotatable bonds is 10. The van der Waals surface area contributed by atoms with Crippen molar-refractivity contribution >= 4 is 11.7 Å². The molecule has 5 heteroatoms. The lowest BCUT2D eigenvalue weighted by atomic mass is 10.1. The highest BCUT2D eigenvalue weighted by molar-refractivity contribution is 5.89. The van der Waals surface area contributed by atoms with Crippen molar-refractivity contribution in [3.63, 3.8) is 0 Å². The first-order valence-corrected chi connectivity index (χ1v) is 10.1. The fraction of sp³-hybridized carbons (Fsp3) is 0.240. The Labute approximate surface area is 177 Å². The van der Waals surface area contributed by atoms with Gasteiger partial charge in [-0.05, 0) is 49.7 Å². The molecule has 0 aliphatic carbocycles. The average molecular weight is 405 g/mol. The Morgan fingerprint density at radius 3 is 2.30 bits per heavy atom. The molecule has 156 valence electrons. The molecule has 0 saturated heterocycles. The quantitative estimate of drug-likeness (QED) is 0.454. The number of benzene rings is 3. The SMILES string of the molecule is CCOC(=O)c1ccc(NCc2cccc(OCC)c2OCc2ccccc2)cc1. The zero-order valence-electron chi connectivity index (χ0n) is 17.4. The first-order valence-electron chi connectivity index (χ1n) is 10.1. The van der Waals surface area contributed by atoms with Gasteiger partial charge in [-0.2, -0.15) is 0 Å². The van der Waals surface area contributed by atoms with Crippen LogP contribution < -0.4 is 14.8 Å². The van der Waals surface area contributed by atoms with Crippen LogP contribution in [-0.4, -0.2) is 19.2 Å². The molecule has 30 heavy (non-hydrogen) atoms. The second kappa shape index (κ2) is 10.9. The van der Waals surface area contributed by atoms with Crippen LogP contribution in [-0.2, 0) is 17.9 Å². The van der Waals surface area contributed by atoms with Crippen LogP contribution in [0.5, 0.6) is 11.5 Å². The van der Waals surface area contributed by atoms with Gasteiger partial charge in [0, 0.05) is 17.8 Å². The lowest BCUT2D eigenvalue weighted by Gasteiger charge is -2.17. The maximum absolute atomic E-state index is 11.8. The predicted octanol–water partition coefficient (Wildman–Crippen LogP) is 5.45. The van der Waals surface area contributed by atoms with E-state index in [-0.39, 0.29) is 5.97 Å². The number of esters is 1. The Morgan fingerprint density at radius 1 is 0.833 bits per heavy atom. The van der Waals surface area contributed by atoms with Crippen LogP contribution in [0.2, 0.25) is 0 Å². The zero-order chi connectivity index (χ0) is 21.2. The van der Waals surface area contributed by atoms with Gasteiger partial charge in [0.25, 0.3) is 0 Å². The highest BCUT2D eigenvalue weighted by atomic mass is 16.5. The van der Waals surface area contributed by atoms with Gasteiger partial charge in [-0.25, -0.2) is 4.79 Å². The molecule has 0 unspecified atom stereocenters. The molecule has 0 aromatic heterocycles. The third-order valence-corrected chi connectivity index (χ3v) is 4.47. The molecule has 0 aliphatic heterocycles. The largest absolute Gasteiger partial charge is 0.490 e. The number of para-hydroxylation sites is 1. The number of hydrogen-bond donors (Lipinski definition) is 1. The van der Waals surface area contributed by atoms with E-state index in [2.05, 4.69) is 5.32 Å². The van der Waals surface area contributed by atoms with E-state index in [0.29, 0.717) is 31.9 Å². The first-order chi connectivity index (χ1) is 14.7. The minimum absolute atomic E-state index is 0.315. The Balaban J connectivity index is 1.71. The second-order valence-electron chi connectivity index (χ2n) is 6.60. The predicted molar refractivity (Wildman–Crippen MR) is 118 cm³/mol. The van der Waals surface area contributed by atoms with Gasteiger partial charge in [0.15, 0.2) is 11.5 Å². The lowest BCUT2D eigenvalue weighted by Crippen LogP contribution is -2.07. The monoisotopic (exact) mass is 405 g/mol. The molecule has 0 saturated carbocycles. The Hall–Kier alpha value is -3.47. The van der Waals surface area contributed by atoms with Gasteiger partial charge in [-0.1, -0.05) is 42.5 Å². The Morgan fingerprint density at radius 2 is 1.60 bits per heavy atom. The molecule has 0 spiro atoms. The van der Waals surface area contributed by atoms with Crippen LogP contribution in [0.3, 0.4) is 0 Å². The summed E-state index contributed by atoms with van der Waals surface area (Å²) < 4.78 is 16.9. The van der Waals surface area contributed by atoms with Gasteiger partial charge in [0.1, 0.15) is 6.61 Å². The maximum atomic E-state index is 11.8. The number of nitrogens with one attached hydrogen (secondary N) is 1. The highest BCUT2D eigenvalue weighted by Gasteiger charge is 2.12. The van der Waals surface area contributed by atoms with E-state index in [9.17, 15) is 4.79 Å². The van der Waals surface area contributed by atoms with E-state index in [1.54, 1.807) is 19.1 Å². The van der Waals surface area contributed by atoms with Crippen LogP contribution in [0.25, 0.3) is 0 Å². The minimum Gasteiger partial charge on any atom is -0.490 e. The van der Waals surface area contributed by atoms with Gasteiger partial charge in [0.05, 0.1) is 18.8 Å². The van der Waals surface area contributed by atoms with Gasteiger partial charge in [-0.3, -0.25) is 0 Å². The molecule has 3 rings (SSSR count). The molecule has 0 bridgehead atoms. The topological polar surface area (TPSA) is 56.8 Å². The highest BCUT2D eigenvalue weighted by Crippen LogP contribution is 2.32. The summed E-state index contributed by atoms with van der Waals surface area (Å²) in [7, 11) is 0. The first kappa shape index (κ1) is 21.2. The molecular formula is C25H27NO4. The minimum atomic E-state index is -0.315. The van der Waals surface area contributed by atoms with Crippen molar-refractivity contribution < 1.29 is 19.0 Å². The fourth-order valence-corrected chi connectivity index (χ4v) is 3.00. The fourth-order valence-electron chi connectivity index (χ4n) is 3.00. The maximum Gasteiger partial charge on any atom is 0.338 e. The summed E-state index contributed by atoms with van der Waals surface area (Å²) in [5.41, 5.74) is 3.52. The third-order valence-electron chi connectivity index (χ3n) is 4.47. The van der Waals surface area contributed by atoms with Crippen LogP contribution >= 0.6 is 0 Å². The molecule has 0 amide bonds. The third kappa shape index (κ3) is 5.77. The number of carbonyl (C=O) groups excluding carboxylic acids is 1. The summed E-state index contributed by atoms with van der Waals surface area (Å²) in [6.45, 7) is 5.70. The summed E-state index contributed by atoms with van der Waals surface area (Å²) >= 11 is 0. The Kier molecular flexibility index (Phi) is 7.72. The molecule has 3 aromatic rings. The van der Waals surface area contributed by atoms with Gasteiger partial charge >= 0.3 is 5.97 Å². The van der Waals surface area contributed by atoms with Crippen molar-refractivity contribution in [2.75, 3.05) is 18.5 Å². The van der Waals surface area contributed by atoms with Gasteiger partial charge < -0.3 is 19.5 Å². The van der Waals surface area contributed by atoms with Crippen molar-refractivity contribution in [2.24, 2.45) is 0 Å². The summed E-state index contributed by atoms with van der Waals surface area (Å²) in [6, 6.07) is 23.2. The summed E-state index contributed by atoms with van der Waals surface area (Å²) in [4.78, 5) is 11.8. The molecule has 0 atom stereocenters. The van der Waals surface area contributed by atoms with E-state index in [0.717, 1.165) is 28.3 Å². The zero-order valence-corrected chi connectivity index (χ0v) is 17.4. The molecule has 5 nitrogen and oxygen atoms in total. The van der Waals surface area contributed by atoms with Crippen molar-refractivity contribution in [3.05, 3.63) is 89.5 Å². The van der Waals surface area contributed by atoms with Gasteiger partial charge in [0.2, 0.25) is 0 Å². The van der Waals surface area contributed by atoms with E-state index >= 15 is 0 Å². The Bertz CT molecular complexity index is 939. The summed E-state index contributed by atoms with van der Waals surface area (Å²) in [6.07, 6.45) is 0. The van der Waals surface area contributed by atoms with Crippen molar-refractivity contribution in [2.45, 2.75) is 27.0 Å². The lowest BCUT2D eigenvalue weighted by molar-refractivity contribution is 0.0526. The molecule has 0 heterocycles.